The van der Waals surface area contributed by atoms with Crippen LogP contribution in [0.4, 0.5) is 5.69 Å². The first-order valence-corrected chi connectivity index (χ1v) is 8.09. The van der Waals surface area contributed by atoms with Crippen LogP contribution in [0.5, 0.6) is 0 Å². The molecule has 5 heteroatoms. The Kier molecular flexibility index (Phi) is 4.08. The van der Waals surface area contributed by atoms with Gasteiger partial charge in [-0.2, -0.15) is 0 Å². The third-order valence-corrected chi connectivity index (χ3v) is 4.64. The molecule has 0 radical (unpaired) electrons. The highest BCUT2D eigenvalue weighted by Crippen LogP contribution is 2.46. The molecule has 23 heavy (non-hydrogen) atoms. The Morgan fingerprint density at radius 2 is 1.87 bits per heavy atom. The van der Waals surface area contributed by atoms with E-state index in [1.165, 1.54) is 6.92 Å². The molecule has 0 spiro atoms. The van der Waals surface area contributed by atoms with Crippen LogP contribution >= 0.6 is 15.9 Å². The molecule has 0 fully saturated rings. The molecule has 118 valence electrons. The van der Waals surface area contributed by atoms with E-state index in [2.05, 4.69) is 15.9 Å². The molecular formula is C18H16BrNO3. The minimum absolute atomic E-state index is 0.229. The van der Waals surface area contributed by atoms with Crippen molar-refractivity contribution in [3.63, 3.8) is 0 Å². The summed E-state index contributed by atoms with van der Waals surface area (Å²) in [5, 5.41) is 11.0. The first kappa shape index (κ1) is 15.9. The minimum Gasteiger partial charge on any atom is -0.375 e. The molecule has 1 atom stereocenters. The van der Waals surface area contributed by atoms with Gasteiger partial charge < -0.3 is 10.0 Å². The highest BCUT2D eigenvalue weighted by Gasteiger charge is 2.51. The highest BCUT2D eigenvalue weighted by atomic mass is 79.9. The molecule has 0 bridgehead atoms. The molecule has 1 N–H and O–H groups in total. The zero-order chi connectivity index (χ0) is 16.6. The lowest BCUT2D eigenvalue weighted by atomic mass is 9.90. The molecule has 1 amide bonds. The fourth-order valence-corrected chi connectivity index (χ4v) is 3.72. The molecule has 2 aromatic carbocycles. The number of aliphatic hydroxyl groups is 1. The Morgan fingerprint density at radius 3 is 2.52 bits per heavy atom. The van der Waals surface area contributed by atoms with Crippen molar-refractivity contribution in [2.24, 2.45) is 0 Å². The number of carbonyl (C=O) groups excluding carboxylic acids is 2. The van der Waals surface area contributed by atoms with Crippen LogP contribution in [-0.4, -0.2) is 16.8 Å². The molecule has 0 unspecified atom stereocenters. The summed E-state index contributed by atoms with van der Waals surface area (Å²) in [6.45, 7) is 1.73. The topological polar surface area (TPSA) is 57.6 Å². The minimum atomic E-state index is -1.81. The number of rotatable bonds is 4. The smallest absolute Gasteiger partial charge is 0.264 e. The molecule has 3 rings (SSSR count). The lowest BCUT2D eigenvalue weighted by Crippen LogP contribution is -2.41. The number of anilines is 1. The van der Waals surface area contributed by atoms with Gasteiger partial charge in [0.2, 0.25) is 0 Å². The number of ketones is 1. The van der Waals surface area contributed by atoms with Gasteiger partial charge in [0, 0.05) is 16.5 Å². The number of benzene rings is 2. The summed E-state index contributed by atoms with van der Waals surface area (Å²) in [7, 11) is 0. The number of hydrogen-bond donors (Lipinski definition) is 1. The SMILES string of the molecule is CC(=O)C[C@@]1(O)C(=O)N(Cc2ccccc2)c2cccc(Br)c21. The maximum atomic E-state index is 12.9. The van der Waals surface area contributed by atoms with Crippen molar-refractivity contribution >= 4 is 33.3 Å². The summed E-state index contributed by atoms with van der Waals surface area (Å²) >= 11 is 3.40. The van der Waals surface area contributed by atoms with Gasteiger partial charge in [-0.1, -0.05) is 52.3 Å². The third-order valence-electron chi connectivity index (χ3n) is 3.98. The number of Topliss-reactive ketones (excluding diaryl/α,β-unsaturated/α-hetero) is 1. The zero-order valence-corrected chi connectivity index (χ0v) is 14.2. The average molecular weight is 374 g/mol. The predicted octanol–water partition coefficient (Wildman–Crippen LogP) is 3.16. The molecular weight excluding hydrogens is 358 g/mol. The number of nitrogens with zero attached hydrogens (tertiary/aromatic N) is 1. The summed E-state index contributed by atoms with van der Waals surface area (Å²) in [4.78, 5) is 26.0. The van der Waals surface area contributed by atoms with E-state index in [1.807, 2.05) is 36.4 Å². The second-order valence-electron chi connectivity index (χ2n) is 5.75. The van der Waals surface area contributed by atoms with E-state index in [0.717, 1.165) is 5.56 Å². The zero-order valence-electron chi connectivity index (χ0n) is 12.6. The monoisotopic (exact) mass is 373 g/mol. The maximum Gasteiger partial charge on any atom is 0.264 e. The highest BCUT2D eigenvalue weighted by molar-refractivity contribution is 9.10. The summed E-state index contributed by atoms with van der Waals surface area (Å²) in [5.41, 5.74) is 0.253. The van der Waals surface area contributed by atoms with E-state index in [1.54, 1.807) is 17.0 Å². The maximum absolute atomic E-state index is 12.9. The summed E-state index contributed by atoms with van der Waals surface area (Å²) in [5.74, 6) is -0.692. The molecule has 0 saturated carbocycles. The number of amides is 1. The summed E-state index contributed by atoms with van der Waals surface area (Å²) < 4.78 is 0.627. The fourth-order valence-electron chi connectivity index (χ4n) is 3.03. The van der Waals surface area contributed by atoms with E-state index in [0.29, 0.717) is 22.3 Å². The van der Waals surface area contributed by atoms with E-state index in [4.69, 9.17) is 0 Å². The Bertz CT molecular complexity index is 775. The lowest BCUT2D eigenvalue weighted by Gasteiger charge is -2.22. The Labute approximate surface area is 142 Å². The summed E-state index contributed by atoms with van der Waals surface area (Å²) in [6.07, 6.45) is -0.229. The molecule has 2 aromatic rings. The molecule has 1 heterocycles. The van der Waals surface area contributed by atoms with Crippen molar-refractivity contribution in [2.45, 2.75) is 25.5 Å². The van der Waals surface area contributed by atoms with Gasteiger partial charge in [-0.05, 0) is 24.6 Å². The molecule has 1 aliphatic heterocycles. The Hall–Kier alpha value is -1.98. The average Bonchev–Trinajstić information content (AvgIpc) is 2.71. The standard InChI is InChI=1S/C18H16BrNO3/c1-12(21)10-18(23)16-14(19)8-5-9-15(16)20(17(18)22)11-13-6-3-2-4-7-13/h2-9,23H,10-11H2,1H3/t18-/m0/s1. The molecule has 0 saturated heterocycles. The first-order valence-electron chi connectivity index (χ1n) is 7.30. The van der Waals surface area contributed by atoms with E-state index in [9.17, 15) is 14.7 Å². The number of carbonyl (C=O) groups is 2. The Morgan fingerprint density at radius 1 is 1.17 bits per heavy atom. The van der Waals surface area contributed by atoms with Gasteiger partial charge in [0.1, 0.15) is 5.78 Å². The summed E-state index contributed by atoms with van der Waals surface area (Å²) in [6, 6.07) is 14.9. The van der Waals surface area contributed by atoms with Crippen LogP contribution in [0.15, 0.2) is 53.0 Å². The molecule has 1 aliphatic rings. The quantitative estimate of drug-likeness (QED) is 0.895. The number of halogens is 1. The van der Waals surface area contributed by atoms with Crippen LogP contribution in [0.3, 0.4) is 0 Å². The second kappa shape index (κ2) is 5.91. The van der Waals surface area contributed by atoms with Gasteiger partial charge in [0.05, 0.1) is 12.2 Å². The van der Waals surface area contributed by atoms with Gasteiger partial charge in [-0.25, -0.2) is 0 Å². The van der Waals surface area contributed by atoms with Gasteiger partial charge in [0.15, 0.2) is 5.60 Å². The van der Waals surface area contributed by atoms with Gasteiger partial charge in [0.25, 0.3) is 5.91 Å². The van der Waals surface area contributed by atoms with Crippen molar-refractivity contribution in [3.8, 4) is 0 Å². The van der Waals surface area contributed by atoms with Gasteiger partial charge >= 0.3 is 0 Å². The Balaban J connectivity index is 2.08. The molecule has 4 nitrogen and oxygen atoms in total. The van der Waals surface area contributed by atoms with Crippen molar-refractivity contribution < 1.29 is 14.7 Å². The van der Waals surface area contributed by atoms with E-state index < -0.39 is 11.5 Å². The van der Waals surface area contributed by atoms with Crippen molar-refractivity contribution in [1.29, 1.82) is 0 Å². The normalized spacial score (nSPS) is 19.8. The predicted molar refractivity (Wildman–Crippen MR) is 91.0 cm³/mol. The van der Waals surface area contributed by atoms with E-state index in [-0.39, 0.29) is 12.2 Å². The largest absolute Gasteiger partial charge is 0.375 e. The number of hydrogen-bond acceptors (Lipinski definition) is 3. The van der Waals surface area contributed by atoms with Crippen molar-refractivity contribution in [3.05, 3.63) is 64.1 Å². The van der Waals surface area contributed by atoms with Crippen LogP contribution in [0.25, 0.3) is 0 Å². The van der Waals surface area contributed by atoms with Crippen LogP contribution < -0.4 is 4.90 Å². The van der Waals surface area contributed by atoms with Crippen molar-refractivity contribution in [2.75, 3.05) is 4.90 Å². The number of fused-ring (bicyclic) bond motifs is 1. The molecule has 0 aliphatic carbocycles. The van der Waals surface area contributed by atoms with Crippen LogP contribution in [0.1, 0.15) is 24.5 Å². The lowest BCUT2D eigenvalue weighted by molar-refractivity contribution is -0.141. The van der Waals surface area contributed by atoms with Gasteiger partial charge in [-0.15, -0.1) is 0 Å². The van der Waals surface area contributed by atoms with Gasteiger partial charge in [-0.3, -0.25) is 9.59 Å². The van der Waals surface area contributed by atoms with Crippen LogP contribution in [0, 0.1) is 0 Å². The van der Waals surface area contributed by atoms with Crippen LogP contribution in [-0.2, 0) is 21.7 Å². The van der Waals surface area contributed by atoms with Crippen LogP contribution in [0.2, 0.25) is 0 Å². The first-order chi connectivity index (χ1) is 10.9. The second-order valence-corrected chi connectivity index (χ2v) is 6.60. The fraction of sp³-hybridized carbons (Fsp3) is 0.222. The van der Waals surface area contributed by atoms with Crippen molar-refractivity contribution in [1.82, 2.24) is 0 Å². The molecule has 0 aromatic heterocycles. The van der Waals surface area contributed by atoms with E-state index >= 15 is 0 Å². The third kappa shape index (κ3) is 2.71.